The minimum absolute atomic E-state index is 0.00134. The predicted molar refractivity (Wildman–Crippen MR) is 179 cm³/mol. The molecule has 0 amide bonds. The molecule has 4 atom stereocenters. The maximum absolute atomic E-state index is 17.4. The van der Waals surface area contributed by atoms with E-state index < -0.39 is 17.8 Å². The van der Waals surface area contributed by atoms with E-state index in [2.05, 4.69) is 25.8 Å². The average molecular weight is 695 g/mol. The number of rotatable bonds is 9. The highest BCUT2D eigenvalue weighted by Gasteiger charge is 2.43. The third-order valence-corrected chi connectivity index (χ3v) is 11.5. The van der Waals surface area contributed by atoms with Crippen LogP contribution in [0.5, 0.6) is 6.01 Å². The van der Waals surface area contributed by atoms with Gasteiger partial charge in [-0.15, -0.1) is 11.3 Å². The minimum atomic E-state index is -0.949. The number of thiophene rings is 1. The number of likely N-dealkylation sites (tertiary alicyclic amines) is 2. The van der Waals surface area contributed by atoms with Crippen LogP contribution in [0.3, 0.4) is 0 Å². The van der Waals surface area contributed by atoms with Crippen LogP contribution in [-0.4, -0.2) is 103 Å². The summed E-state index contributed by atoms with van der Waals surface area (Å²) < 4.78 is 64.1. The highest BCUT2D eigenvalue weighted by molar-refractivity contribution is 7.23. The topological polar surface area (TPSA) is 126 Å². The van der Waals surface area contributed by atoms with Crippen molar-refractivity contribution < 1.29 is 27.4 Å². The number of hydrogen-bond acceptors (Lipinski definition) is 12. The molecule has 2 bridgehead atoms. The molecule has 7 heterocycles. The highest BCUT2D eigenvalue weighted by Crippen LogP contribution is 2.48. The molecule has 3 saturated heterocycles. The molecule has 0 saturated carbocycles. The normalized spacial score (nSPS) is 24.0. The van der Waals surface area contributed by atoms with Crippen LogP contribution in [0.4, 0.5) is 24.0 Å². The van der Waals surface area contributed by atoms with Crippen LogP contribution in [-0.2, 0) is 22.7 Å². The van der Waals surface area contributed by atoms with Gasteiger partial charge in [0.25, 0.3) is 0 Å². The molecule has 15 heteroatoms. The van der Waals surface area contributed by atoms with Gasteiger partial charge in [0, 0.05) is 69.0 Å². The van der Waals surface area contributed by atoms with Crippen molar-refractivity contribution in [1.29, 1.82) is 5.26 Å². The van der Waals surface area contributed by atoms with Gasteiger partial charge in [-0.2, -0.15) is 15.2 Å². The first-order valence-corrected chi connectivity index (χ1v) is 17.4. The zero-order chi connectivity index (χ0) is 34.0. The number of ether oxygens (including phenoxy) is 3. The number of methoxy groups -OCH3 is 1. The molecule has 2 unspecified atom stereocenters. The Morgan fingerprint density at radius 1 is 1.12 bits per heavy atom. The first kappa shape index (κ1) is 32.4. The Balaban J connectivity index is 1.30. The maximum atomic E-state index is 17.4. The van der Waals surface area contributed by atoms with Crippen molar-refractivity contribution in [3.8, 4) is 23.3 Å². The molecule has 49 heavy (non-hydrogen) atoms. The monoisotopic (exact) mass is 694 g/mol. The molecule has 3 fully saturated rings. The number of aromatic nitrogens is 3. The van der Waals surface area contributed by atoms with Gasteiger partial charge in [0.15, 0.2) is 11.6 Å². The van der Waals surface area contributed by atoms with Crippen molar-refractivity contribution in [1.82, 2.24) is 24.8 Å². The molecule has 1 aromatic carbocycles. The number of anilines is 2. The van der Waals surface area contributed by atoms with E-state index in [1.807, 2.05) is 11.9 Å². The number of pyridine rings is 1. The summed E-state index contributed by atoms with van der Waals surface area (Å²) in [6, 6.07) is 2.17. The molecule has 11 nitrogen and oxygen atoms in total. The molecule has 4 aliphatic heterocycles. The largest absolute Gasteiger partial charge is 0.462 e. The molecule has 4 aromatic rings. The molecule has 0 aliphatic carbocycles. The molecule has 4 aliphatic rings. The van der Waals surface area contributed by atoms with Crippen LogP contribution >= 0.6 is 11.3 Å². The quantitative estimate of drug-likeness (QED) is 0.244. The molecular formula is C34H37F3N8O3S. The van der Waals surface area contributed by atoms with Gasteiger partial charge in [-0.05, 0) is 43.9 Å². The van der Waals surface area contributed by atoms with E-state index in [1.54, 1.807) is 7.11 Å². The Morgan fingerprint density at radius 3 is 2.61 bits per heavy atom. The summed E-state index contributed by atoms with van der Waals surface area (Å²) in [7, 11) is 3.56. The lowest BCUT2D eigenvalue weighted by Crippen LogP contribution is -2.54. The van der Waals surface area contributed by atoms with Crippen molar-refractivity contribution in [2.24, 2.45) is 0 Å². The van der Waals surface area contributed by atoms with E-state index in [0.29, 0.717) is 36.3 Å². The van der Waals surface area contributed by atoms with Gasteiger partial charge >= 0.3 is 6.01 Å². The molecule has 8 rings (SSSR count). The van der Waals surface area contributed by atoms with Crippen LogP contribution < -0.4 is 15.4 Å². The summed E-state index contributed by atoms with van der Waals surface area (Å²) in [4.78, 5) is 20.7. The summed E-state index contributed by atoms with van der Waals surface area (Å²) in [5, 5.41) is 10.8. The summed E-state index contributed by atoms with van der Waals surface area (Å²) in [6.07, 6.45) is 3.27. The first-order valence-electron chi connectivity index (χ1n) is 16.6. The molecule has 258 valence electrons. The Bertz CT molecular complexity index is 1970. The minimum Gasteiger partial charge on any atom is -0.462 e. The van der Waals surface area contributed by atoms with Crippen molar-refractivity contribution in [2.45, 2.75) is 63.2 Å². The number of benzene rings is 1. The van der Waals surface area contributed by atoms with Crippen LogP contribution in [0.1, 0.15) is 42.4 Å². The number of nitrogens with two attached hydrogens (primary N) is 1. The Kier molecular flexibility index (Phi) is 8.48. The fraction of sp³-hybridized carbons (Fsp3) is 0.529. The lowest BCUT2D eigenvalue weighted by atomic mass is 9.93. The number of alkyl halides is 1. The summed E-state index contributed by atoms with van der Waals surface area (Å²) in [6.45, 7) is 4.03. The van der Waals surface area contributed by atoms with Gasteiger partial charge in [0.2, 0.25) is 0 Å². The summed E-state index contributed by atoms with van der Waals surface area (Å²) >= 11 is 0.930. The summed E-state index contributed by atoms with van der Waals surface area (Å²) in [5.41, 5.74) is 7.70. The molecular weight excluding hydrogens is 657 g/mol. The standard InChI is InChI=1S/C34H37F3N8O3S/c1-43-11-17(35)8-20(43)14-48-34-41-30-27(33(42-34)45-18-4-5-19(45)13-44(12-18)6-3-7-46-2)23-16-47-15-22(23)25(28(30)37)29-26-21(9-38)32(39)49-31(26)24(36)10-40-29/h10,17-20H,3-8,11-16,39H2,1-2H3/t17-,18?,19?,20+/m1/s1. The van der Waals surface area contributed by atoms with Crippen molar-refractivity contribution in [3.63, 3.8) is 0 Å². The predicted octanol–water partition coefficient (Wildman–Crippen LogP) is 4.78. The van der Waals surface area contributed by atoms with Gasteiger partial charge < -0.3 is 24.8 Å². The van der Waals surface area contributed by atoms with E-state index in [0.717, 1.165) is 62.0 Å². The molecule has 0 radical (unpaired) electrons. The molecule has 0 spiro atoms. The Labute approximate surface area is 285 Å². The molecule has 3 aromatic heterocycles. The second kappa shape index (κ2) is 12.8. The zero-order valence-electron chi connectivity index (χ0n) is 27.3. The van der Waals surface area contributed by atoms with Crippen LogP contribution in [0.2, 0.25) is 0 Å². The Hall–Kier alpha value is -3.81. The van der Waals surface area contributed by atoms with Crippen LogP contribution in [0.15, 0.2) is 6.20 Å². The van der Waals surface area contributed by atoms with Gasteiger partial charge in [0.1, 0.15) is 35.2 Å². The SMILES string of the molecule is COCCCN1CC2CCC(C1)N2c1nc(OC[C@@H]2C[C@@H](F)CN2C)nc2c(F)c(-c3ncc(F)c4sc(N)c(C#N)c34)c3c(c12)COC3. The lowest BCUT2D eigenvalue weighted by molar-refractivity contribution is 0.135. The van der Waals surface area contributed by atoms with E-state index >= 15 is 4.39 Å². The number of nitrogens with zero attached hydrogens (tertiary/aromatic N) is 7. The van der Waals surface area contributed by atoms with E-state index in [4.69, 9.17) is 24.9 Å². The highest BCUT2D eigenvalue weighted by atomic mass is 32.1. The van der Waals surface area contributed by atoms with E-state index in [1.165, 1.54) is 0 Å². The number of hydrogen-bond donors (Lipinski definition) is 1. The number of nitriles is 1. The second-order valence-electron chi connectivity index (χ2n) is 13.4. The van der Waals surface area contributed by atoms with E-state index in [-0.39, 0.29) is 81.4 Å². The van der Waals surface area contributed by atoms with Gasteiger partial charge in [-0.1, -0.05) is 0 Å². The van der Waals surface area contributed by atoms with Gasteiger partial charge in [-0.25, -0.2) is 13.2 Å². The fourth-order valence-electron chi connectivity index (χ4n) is 8.21. The summed E-state index contributed by atoms with van der Waals surface area (Å²) in [5.74, 6) is -0.737. The van der Waals surface area contributed by atoms with Crippen molar-refractivity contribution in [2.75, 3.05) is 64.2 Å². The van der Waals surface area contributed by atoms with Crippen molar-refractivity contribution >= 4 is 43.1 Å². The number of likely N-dealkylation sites (N-methyl/N-ethyl adjacent to an activating group) is 1. The Morgan fingerprint density at radius 2 is 1.90 bits per heavy atom. The fourth-order valence-corrected chi connectivity index (χ4v) is 9.13. The number of halogens is 3. The first-order chi connectivity index (χ1) is 23.8. The third kappa shape index (κ3) is 5.45. The number of nitrogen functional groups attached to an aromatic ring is 1. The average Bonchev–Trinajstić information content (AvgIpc) is 3.84. The van der Waals surface area contributed by atoms with E-state index in [9.17, 15) is 14.0 Å². The van der Waals surface area contributed by atoms with Gasteiger partial charge in [0.05, 0.1) is 40.8 Å². The van der Waals surface area contributed by atoms with Gasteiger partial charge in [-0.3, -0.25) is 14.8 Å². The second-order valence-corrected chi connectivity index (χ2v) is 14.5. The van der Waals surface area contributed by atoms with Crippen LogP contribution in [0, 0.1) is 23.0 Å². The third-order valence-electron chi connectivity index (χ3n) is 10.5. The van der Waals surface area contributed by atoms with Crippen molar-refractivity contribution in [3.05, 3.63) is 34.5 Å². The smallest absolute Gasteiger partial charge is 0.319 e. The zero-order valence-corrected chi connectivity index (χ0v) is 28.2. The number of piperazine rings is 1. The lowest BCUT2D eigenvalue weighted by Gasteiger charge is -2.42. The molecule has 2 N–H and O–H groups in total. The maximum Gasteiger partial charge on any atom is 0.319 e. The van der Waals surface area contributed by atoms with Crippen LogP contribution in [0.25, 0.3) is 32.2 Å². The number of fused-ring (bicyclic) bond motifs is 6.